The van der Waals surface area contributed by atoms with Crippen molar-refractivity contribution in [2.24, 2.45) is 5.92 Å². The van der Waals surface area contributed by atoms with Gasteiger partial charge in [-0.3, -0.25) is 14.6 Å². The highest BCUT2D eigenvalue weighted by Gasteiger charge is 2.38. The van der Waals surface area contributed by atoms with Gasteiger partial charge in [0.25, 0.3) is 0 Å². The van der Waals surface area contributed by atoms with E-state index in [9.17, 15) is 14.4 Å². The van der Waals surface area contributed by atoms with Gasteiger partial charge < -0.3 is 15.0 Å². The third kappa shape index (κ3) is 5.74. The molecule has 180 valence electrons. The Morgan fingerprint density at radius 1 is 1.18 bits per heavy atom. The Hall–Kier alpha value is -2.87. The van der Waals surface area contributed by atoms with Gasteiger partial charge in [-0.25, -0.2) is 9.59 Å². The molecule has 1 fully saturated rings. The number of nitrogens with zero attached hydrogens (tertiary/aromatic N) is 3. The molecule has 2 aliphatic heterocycles. The molecule has 0 spiro atoms. The number of rotatable bonds is 7. The molecule has 0 aliphatic carbocycles. The van der Waals surface area contributed by atoms with Crippen LogP contribution >= 0.6 is 0 Å². The van der Waals surface area contributed by atoms with E-state index in [1.54, 1.807) is 14.0 Å². The Balaban J connectivity index is 1.88. The Kier molecular flexibility index (Phi) is 8.13. The second-order valence-corrected chi connectivity index (χ2v) is 9.20. The minimum absolute atomic E-state index is 0.0595. The van der Waals surface area contributed by atoms with E-state index in [0.29, 0.717) is 49.8 Å². The van der Waals surface area contributed by atoms with Crippen molar-refractivity contribution in [2.75, 3.05) is 39.8 Å². The van der Waals surface area contributed by atoms with Crippen molar-refractivity contribution in [3.63, 3.8) is 0 Å². The first-order valence-corrected chi connectivity index (χ1v) is 11.7. The van der Waals surface area contributed by atoms with Crippen LogP contribution in [0.3, 0.4) is 0 Å². The highest BCUT2D eigenvalue weighted by atomic mass is 16.5. The molecule has 2 atom stereocenters. The normalized spacial score (nSPS) is 21.9. The van der Waals surface area contributed by atoms with Gasteiger partial charge in [0, 0.05) is 51.4 Å². The molecule has 1 N–H and O–H groups in total. The first kappa shape index (κ1) is 24.8. The van der Waals surface area contributed by atoms with Crippen LogP contribution in [0.15, 0.2) is 41.6 Å². The molecule has 0 saturated carbocycles. The summed E-state index contributed by atoms with van der Waals surface area (Å²) in [6.07, 6.45) is 0.546. The number of esters is 1. The topological polar surface area (TPSA) is 82.2 Å². The first-order valence-electron chi connectivity index (χ1n) is 11.7. The van der Waals surface area contributed by atoms with Gasteiger partial charge in [0.1, 0.15) is 0 Å². The molecule has 1 aromatic carbocycles. The average molecular weight is 457 g/mol. The molecule has 0 radical (unpaired) electrons. The highest BCUT2D eigenvalue weighted by molar-refractivity contribution is 5.95. The van der Waals surface area contributed by atoms with Gasteiger partial charge in [-0.1, -0.05) is 44.2 Å². The molecule has 3 rings (SSSR count). The molecule has 1 aromatic rings. The van der Waals surface area contributed by atoms with E-state index in [4.69, 9.17) is 4.74 Å². The van der Waals surface area contributed by atoms with E-state index in [2.05, 4.69) is 31.0 Å². The molecule has 33 heavy (non-hydrogen) atoms. The maximum atomic E-state index is 13.1. The van der Waals surface area contributed by atoms with E-state index in [1.165, 1.54) is 4.90 Å². The second kappa shape index (κ2) is 10.8. The second-order valence-electron chi connectivity index (χ2n) is 9.20. The summed E-state index contributed by atoms with van der Waals surface area (Å²) in [5.41, 5.74) is 1.92. The molecule has 0 bridgehead atoms. The number of carbonyl (C=O) groups excluding carboxylic acids is 3. The van der Waals surface area contributed by atoms with Crippen LogP contribution in [0.1, 0.15) is 45.7 Å². The van der Waals surface area contributed by atoms with Gasteiger partial charge in [0.05, 0.1) is 18.2 Å². The van der Waals surface area contributed by atoms with Gasteiger partial charge in [0.15, 0.2) is 0 Å². The lowest BCUT2D eigenvalue weighted by molar-refractivity contribution is -0.139. The standard InChI is InChI=1S/C25H36N4O4/c1-6-33-24(31)22-20(27(5)25(32)26-23(22)19-10-8-7-9-11-19)16-28-12-13-29(18(4)15-28)21(30)14-17(2)3/h7-11,17-18,23H,6,12-16H2,1-5H3,(H,26,32)/t18-,23-/m0/s1. The summed E-state index contributed by atoms with van der Waals surface area (Å²) < 4.78 is 5.40. The summed E-state index contributed by atoms with van der Waals surface area (Å²) in [7, 11) is 1.68. The zero-order valence-electron chi connectivity index (χ0n) is 20.3. The van der Waals surface area contributed by atoms with Gasteiger partial charge in [-0.15, -0.1) is 0 Å². The summed E-state index contributed by atoms with van der Waals surface area (Å²) in [6.45, 7) is 10.6. The first-order chi connectivity index (χ1) is 15.7. The predicted octanol–water partition coefficient (Wildman–Crippen LogP) is 2.78. The SMILES string of the molecule is CCOC(=O)C1=C(CN2CCN(C(=O)CC(C)C)[C@@H](C)C2)N(C)C(=O)N[C@H]1c1ccccc1. The van der Waals surface area contributed by atoms with Crippen LogP contribution in [-0.2, 0) is 14.3 Å². The third-order valence-electron chi connectivity index (χ3n) is 6.19. The lowest BCUT2D eigenvalue weighted by Gasteiger charge is -2.42. The number of ether oxygens (including phenoxy) is 1. The number of piperazine rings is 1. The van der Waals surface area contributed by atoms with E-state index in [-0.39, 0.29) is 24.6 Å². The fourth-order valence-electron chi connectivity index (χ4n) is 4.52. The Morgan fingerprint density at radius 3 is 2.48 bits per heavy atom. The van der Waals surface area contributed by atoms with Crippen LogP contribution in [0.4, 0.5) is 4.79 Å². The van der Waals surface area contributed by atoms with Crippen LogP contribution in [-0.4, -0.2) is 78.5 Å². The van der Waals surface area contributed by atoms with Crippen molar-refractivity contribution in [3.05, 3.63) is 47.2 Å². The number of nitrogens with one attached hydrogen (secondary N) is 1. The minimum atomic E-state index is -0.574. The number of amides is 3. The fraction of sp³-hybridized carbons (Fsp3) is 0.560. The lowest BCUT2D eigenvalue weighted by Crippen LogP contribution is -2.56. The summed E-state index contributed by atoms with van der Waals surface area (Å²) in [5.74, 6) is 0.0817. The van der Waals surface area contributed by atoms with Crippen LogP contribution in [0.25, 0.3) is 0 Å². The molecule has 1 saturated heterocycles. The Labute approximate surface area is 196 Å². The van der Waals surface area contributed by atoms with Crippen molar-refractivity contribution in [1.29, 1.82) is 0 Å². The van der Waals surface area contributed by atoms with Crippen LogP contribution in [0, 0.1) is 5.92 Å². The van der Waals surface area contributed by atoms with Crippen LogP contribution < -0.4 is 5.32 Å². The van der Waals surface area contributed by atoms with Crippen molar-refractivity contribution in [3.8, 4) is 0 Å². The molecule has 0 unspecified atom stereocenters. The van der Waals surface area contributed by atoms with E-state index >= 15 is 0 Å². The number of hydrogen-bond donors (Lipinski definition) is 1. The molecule has 2 heterocycles. The fourth-order valence-corrected chi connectivity index (χ4v) is 4.52. The Bertz CT molecular complexity index is 899. The molecular formula is C25H36N4O4. The monoisotopic (exact) mass is 456 g/mol. The largest absolute Gasteiger partial charge is 0.463 e. The summed E-state index contributed by atoms with van der Waals surface area (Å²) in [5, 5.41) is 2.94. The molecular weight excluding hydrogens is 420 g/mol. The van der Waals surface area contributed by atoms with Crippen LogP contribution in [0.2, 0.25) is 0 Å². The molecule has 8 nitrogen and oxygen atoms in total. The van der Waals surface area contributed by atoms with Crippen molar-refractivity contribution < 1.29 is 19.1 Å². The van der Waals surface area contributed by atoms with Crippen molar-refractivity contribution in [2.45, 2.75) is 46.2 Å². The number of benzene rings is 1. The number of urea groups is 1. The summed E-state index contributed by atoms with van der Waals surface area (Å²) in [6, 6.07) is 8.69. The highest BCUT2D eigenvalue weighted by Crippen LogP contribution is 2.31. The van der Waals surface area contributed by atoms with E-state index < -0.39 is 12.0 Å². The van der Waals surface area contributed by atoms with Gasteiger partial charge >= 0.3 is 12.0 Å². The zero-order chi connectivity index (χ0) is 24.1. The minimum Gasteiger partial charge on any atom is -0.463 e. The molecule has 8 heteroatoms. The predicted molar refractivity (Wildman–Crippen MR) is 126 cm³/mol. The Morgan fingerprint density at radius 2 is 1.88 bits per heavy atom. The van der Waals surface area contributed by atoms with Gasteiger partial charge in [0.2, 0.25) is 5.91 Å². The molecule has 3 amide bonds. The van der Waals surface area contributed by atoms with Gasteiger partial charge in [-0.05, 0) is 25.3 Å². The van der Waals surface area contributed by atoms with E-state index in [0.717, 1.165) is 5.56 Å². The summed E-state index contributed by atoms with van der Waals surface area (Å²) >= 11 is 0. The number of likely N-dealkylation sites (N-methyl/N-ethyl adjacent to an activating group) is 1. The zero-order valence-corrected chi connectivity index (χ0v) is 20.3. The van der Waals surface area contributed by atoms with Gasteiger partial charge in [-0.2, -0.15) is 0 Å². The smallest absolute Gasteiger partial charge is 0.338 e. The average Bonchev–Trinajstić information content (AvgIpc) is 2.77. The third-order valence-corrected chi connectivity index (χ3v) is 6.19. The van der Waals surface area contributed by atoms with E-state index in [1.807, 2.05) is 35.2 Å². The molecule has 0 aromatic heterocycles. The number of carbonyl (C=O) groups is 3. The quantitative estimate of drug-likeness (QED) is 0.638. The maximum Gasteiger partial charge on any atom is 0.338 e. The molecule has 2 aliphatic rings. The maximum absolute atomic E-state index is 13.1. The lowest BCUT2D eigenvalue weighted by atomic mass is 9.94. The van der Waals surface area contributed by atoms with Crippen LogP contribution in [0.5, 0.6) is 0 Å². The van der Waals surface area contributed by atoms with Crippen molar-refractivity contribution >= 4 is 17.9 Å². The number of hydrogen-bond acceptors (Lipinski definition) is 5. The summed E-state index contributed by atoms with van der Waals surface area (Å²) in [4.78, 5) is 44.1. The van der Waals surface area contributed by atoms with Crippen molar-refractivity contribution in [1.82, 2.24) is 20.0 Å².